The number of pyridine rings is 1. The van der Waals surface area contributed by atoms with Gasteiger partial charge in [-0.2, -0.15) is 0 Å². The van der Waals surface area contributed by atoms with E-state index in [1.54, 1.807) is 24.3 Å². The van der Waals surface area contributed by atoms with Crippen LogP contribution in [-0.4, -0.2) is 23.5 Å². The second kappa shape index (κ2) is 6.71. The molecule has 21 heavy (non-hydrogen) atoms. The summed E-state index contributed by atoms with van der Waals surface area (Å²) in [6.45, 7) is -0.515. The van der Waals surface area contributed by atoms with Crippen LogP contribution in [0, 0.1) is 0 Å². The Morgan fingerprint density at radius 3 is 2.67 bits per heavy atom. The highest BCUT2D eigenvalue weighted by Gasteiger charge is 2.13. The summed E-state index contributed by atoms with van der Waals surface area (Å²) in [5, 5.41) is 2.87. The highest BCUT2D eigenvalue weighted by Crippen LogP contribution is 2.20. The number of hydrogen-bond acceptors (Lipinski definition) is 4. The Kier molecular flexibility index (Phi) is 4.73. The van der Waals surface area contributed by atoms with Crippen molar-refractivity contribution >= 4 is 29.2 Å². The molecule has 0 aliphatic carbocycles. The number of esters is 1. The number of hydrogen-bond donors (Lipinski definition) is 2. The van der Waals surface area contributed by atoms with Gasteiger partial charge < -0.3 is 15.0 Å². The largest absolute Gasteiger partial charge is 0.452 e. The van der Waals surface area contributed by atoms with Gasteiger partial charge in [-0.1, -0.05) is 23.7 Å². The van der Waals surface area contributed by atoms with E-state index >= 15 is 0 Å². The van der Waals surface area contributed by atoms with E-state index in [2.05, 4.69) is 10.3 Å². The third-order valence-electron chi connectivity index (χ3n) is 2.52. The predicted octanol–water partition coefficient (Wildman–Crippen LogP) is 1.82. The molecule has 6 nitrogen and oxygen atoms in total. The number of anilines is 1. The molecule has 1 heterocycles. The van der Waals surface area contributed by atoms with Gasteiger partial charge in [-0.05, 0) is 24.3 Å². The summed E-state index contributed by atoms with van der Waals surface area (Å²) < 4.78 is 4.77. The van der Waals surface area contributed by atoms with E-state index in [1.807, 2.05) is 0 Å². The Hall–Kier alpha value is -2.60. The maximum absolute atomic E-state index is 11.7. The van der Waals surface area contributed by atoms with Gasteiger partial charge in [-0.3, -0.25) is 9.59 Å². The van der Waals surface area contributed by atoms with Crippen molar-refractivity contribution in [3.05, 3.63) is 63.5 Å². The molecular formula is C14H11ClN2O4. The Labute approximate surface area is 124 Å². The minimum absolute atomic E-state index is 0.164. The molecule has 0 atom stereocenters. The molecule has 0 radical (unpaired) electrons. The molecule has 0 spiro atoms. The number of carbonyl (C=O) groups excluding carboxylic acids is 2. The van der Waals surface area contributed by atoms with E-state index in [1.165, 1.54) is 18.3 Å². The fourth-order valence-corrected chi connectivity index (χ4v) is 1.72. The van der Waals surface area contributed by atoms with Crippen LogP contribution in [0.15, 0.2) is 47.4 Å². The summed E-state index contributed by atoms with van der Waals surface area (Å²) >= 11 is 5.88. The highest BCUT2D eigenvalue weighted by atomic mass is 35.5. The monoisotopic (exact) mass is 306 g/mol. The molecule has 0 bridgehead atoms. The maximum Gasteiger partial charge on any atom is 0.344 e. The quantitative estimate of drug-likeness (QED) is 0.843. The minimum Gasteiger partial charge on any atom is -0.452 e. The molecule has 2 rings (SSSR count). The first-order valence-electron chi connectivity index (χ1n) is 5.97. The molecule has 0 saturated carbocycles. The first-order valence-corrected chi connectivity index (χ1v) is 6.35. The van der Waals surface area contributed by atoms with Crippen LogP contribution in [0.1, 0.15) is 10.4 Å². The van der Waals surface area contributed by atoms with Crippen LogP contribution in [-0.2, 0) is 9.53 Å². The van der Waals surface area contributed by atoms with Crippen molar-refractivity contribution in [2.75, 3.05) is 11.9 Å². The number of aromatic nitrogens is 1. The number of amides is 1. The normalized spacial score (nSPS) is 9.95. The lowest BCUT2D eigenvalue weighted by atomic mass is 10.3. The number of carbonyl (C=O) groups is 2. The van der Waals surface area contributed by atoms with Crippen LogP contribution < -0.4 is 10.9 Å². The number of halogens is 1. The Morgan fingerprint density at radius 1 is 1.19 bits per heavy atom. The first-order chi connectivity index (χ1) is 10.1. The molecule has 0 fully saturated rings. The molecule has 1 aromatic carbocycles. The van der Waals surface area contributed by atoms with Gasteiger partial charge in [0, 0.05) is 6.20 Å². The van der Waals surface area contributed by atoms with Gasteiger partial charge in [-0.25, -0.2) is 4.79 Å². The van der Waals surface area contributed by atoms with Crippen molar-refractivity contribution in [3.63, 3.8) is 0 Å². The average Bonchev–Trinajstić information content (AvgIpc) is 2.48. The van der Waals surface area contributed by atoms with E-state index in [0.717, 1.165) is 0 Å². The third-order valence-corrected chi connectivity index (χ3v) is 2.85. The van der Waals surface area contributed by atoms with Gasteiger partial charge in [0.2, 0.25) is 0 Å². The number of aromatic amines is 1. The molecule has 7 heteroatoms. The molecule has 108 valence electrons. The lowest BCUT2D eigenvalue weighted by molar-refractivity contribution is -0.119. The van der Waals surface area contributed by atoms with Crippen molar-refractivity contribution in [2.45, 2.75) is 0 Å². The van der Waals surface area contributed by atoms with Crippen molar-refractivity contribution in [1.29, 1.82) is 0 Å². The summed E-state index contributed by atoms with van der Waals surface area (Å²) in [5.41, 5.74) is -0.324. The lowest BCUT2D eigenvalue weighted by Crippen LogP contribution is -2.24. The number of benzene rings is 1. The van der Waals surface area contributed by atoms with Gasteiger partial charge in [0.05, 0.1) is 10.7 Å². The fraction of sp³-hybridized carbons (Fsp3) is 0.0714. The Balaban J connectivity index is 1.93. The standard InChI is InChI=1S/C14H11ClN2O4/c15-10-5-1-2-6-11(10)17-12(18)8-21-14(20)9-4-3-7-16-13(9)19/h1-7H,8H2,(H,16,19)(H,17,18). The van der Waals surface area contributed by atoms with E-state index in [0.29, 0.717) is 10.7 Å². The summed E-state index contributed by atoms with van der Waals surface area (Å²) in [4.78, 5) is 37.0. The molecule has 1 aromatic heterocycles. The van der Waals surface area contributed by atoms with Crippen LogP contribution in [0.2, 0.25) is 5.02 Å². The summed E-state index contributed by atoms with van der Waals surface area (Å²) in [6.07, 6.45) is 1.39. The van der Waals surface area contributed by atoms with E-state index in [4.69, 9.17) is 16.3 Å². The van der Waals surface area contributed by atoms with Gasteiger partial charge in [0.25, 0.3) is 11.5 Å². The summed E-state index contributed by atoms with van der Waals surface area (Å²) in [5.74, 6) is -1.42. The second-order valence-corrected chi connectivity index (χ2v) is 4.42. The number of H-pyrrole nitrogens is 1. The predicted molar refractivity (Wildman–Crippen MR) is 77.4 cm³/mol. The lowest BCUT2D eigenvalue weighted by Gasteiger charge is -2.07. The zero-order valence-corrected chi connectivity index (χ0v) is 11.5. The van der Waals surface area contributed by atoms with Crippen LogP contribution in [0.4, 0.5) is 5.69 Å². The van der Waals surface area contributed by atoms with Gasteiger partial charge in [0.1, 0.15) is 5.56 Å². The van der Waals surface area contributed by atoms with Crippen LogP contribution >= 0.6 is 11.6 Å². The zero-order valence-electron chi connectivity index (χ0n) is 10.8. The molecule has 0 unspecified atom stereocenters. The molecular weight excluding hydrogens is 296 g/mol. The highest BCUT2D eigenvalue weighted by molar-refractivity contribution is 6.33. The van der Waals surface area contributed by atoms with Crippen molar-refractivity contribution in [3.8, 4) is 0 Å². The van der Waals surface area contributed by atoms with Gasteiger partial charge in [-0.15, -0.1) is 0 Å². The second-order valence-electron chi connectivity index (χ2n) is 4.02. The topological polar surface area (TPSA) is 88.3 Å². The van der Waals surface area contributed by atoms with E-state index < -0.39 is 24.0 Å². The van der Waals surface area contributed by atoms with Gasteiger partial charge >= 0.3 is 5.97 Å². The number of rotatable bonds is 4. The Morgan fingerprint density at radius 2 is 1.95 bits per heavy atom. The fourth-order valence-electron chi connectivity index (χ4n) is 1.54. The Bertz CT molecular complexity index is 727. The summed E-state index contributed by atoms with van der Waals surface area (Å²) in [7, 11) is 0. The average molecular weight is 307 g/mol. The number of nitrogens with one attached hydrogen (secondary N) is 2. The number of para-hydroxylation sites is 1. The third kappa shape index (κ3) is 3.93. The molecule has 2 N–H and O–H groups in total. The van der Waals surface area contributed by atoms with Crippen molar-refractivity contribution in [1.82, 2.24) is 4.98 Å². The van der Waals surface area contributed by atoms with Crippen molar-refractivity contribution in [2.24, 2.45) is 0 Å². The smallest absolute Gasteiger partial charge is 0.344 e. The first kappa shape index (κ1) is 14.8. The summed E-state index contributed by atoms with van der Waals surface area (Å²) in [6, 6.07) is 9.46. The molecule has 0 saturated heterocycles. The molecule has 2 aromatic rings. The van der Waals surface area contributed by atoms with Gasteiger partial charge in [0.15, 0.2) is 6.61 Å². The van der Waals surface area contributed by atoms with Crippen molar-refractivity contribution < 1.29 is 14.3 Å². The number of ether oxygens (including phenoxy) is 1. The minimum atomic E-state index is -0.869. The van der Waals surface area contributed by atoms with E-state index in [9.17, 15) is 14.4 Å². The molecule has 0 aliphatic rings. The molecule has 1 amide bonds. The SMILES string of the molecule is O=C(COC(=O)c1ccc[nH]c1=O)Nc1ccccc1Cl. The van der Waals surface area contributed by atoms with Crippen LogP contribution in [0.25, 0.3) is 0 Å². The maximum atomic E-state index is 11.7. The van der Waals surface area contributed by atoms with Crippen LogP contribution in [0.5, 0.6) is 0 Å². The van der Waals surface area contributed by atoms with Crippen LogP contribution in [0.3, 0.4) is 0 Å². The van der Waals surface area contributed by atoms with E-state index in [-0.39, 0.29) is 5.56 Å². The zero-order chi connectivity index (χ0) is 15.2. The molecule has 0 aliphatic heterocycles.